The van der Waals surface area contributed by atoms with Crippen molar-refractivity contribution in [2.45, 2.75) is 33.0 Å². The van der Waals surface area contributed by atoms with E-state index in [1.807, 2.05) is 48.5 Å². The Labute approximate surface area is 201 Å². The van der Waals surface area contributed by atoms with Crippen LogP contribution in [0.5, 0.6) is 0 Å². The molecule has 0 bridgehead atoms. The average Bonchev–Trinajstić information content (AvgIpc) is 2.85. The smallest absolute Gasteiger partial charge is 0.218 e. The average molecular weight is 452 g/mol. The zero-order valence-corrected chi connectivity index (χ0v) is 19.8. The molecule has 3 aromatic carbocycles. The molecule has 0 aromatic heterocycles. The first kappa shape index (κ1) is 23.3. The highest BCUT2D eigenvalue weighted by atomic mass is 16.5. The van der Waals surface area contributed by atoms with Crippen LogP contribution in [0.3, 0.4) is 0 Å². The molecule has 3 aromatic rings. The third kappa shape index (κ3) is 5.19. The fourth-order valence-electron chi connectivity index (χ4n) is 4.44. The van der Waals surface area contributed by atoms with Gasteiger partial charge in [-0.25, -0.2) is 0 Å². The molecule has 172 valence electrons. The van der Waals surface area contributed by atoms with Crippen LogP contribution in [0.25, 0.3) is 17.2 Å². The molecule has 1 aliphatic rings. The van der Waals surface area contributed by atoms with Crippen molar-refractivity contribution in [2.24, 2.45) is 0 Å². The number of carbonyl (C=O) groups is 1. The molecular formula is C29H29N3O2. The van der Waals surface area contributed by atoms with Gasteiger partial charge in [0.2, 0.25) is 6.41 Å². The van der Waals surface area contributed by atoms with Crippen LogP contribution in [0.15, 0.2) is 72.9 Å². The molecule has 4 rings (SSSR count). The monoisotopic (exact) mass is 451 g/mol. The summed E-state index contributed by atoms with van der Waals surface area (Å²) in [7, 11) is 0. The van der Waals surface area contributed by atoms with Gasteiger partial charge in [0.25, 0.3) is 0 Å². The van der Waals surface area contributed by atoms with E-state index in [4.69, 9.17) is 10.00 Å². The molecular weight excluding hydrogens is 422 g/mol. The second kappa shape index (κ2) is 10.4. The Bertz CT molecular complexity index is 1200. The number of amides is 1. The van der Waals surface area contributed by atoms with E-state index >= 15 is 0 Å². The van der Waals surface area contributed by atoms with E-state index in [9.17, 15) is 4.79 Å². The Hall–Kier alpha value is -3.88. The van der Waals surface area contributed by atoms with Gasteiger partial charge in [-0.05, 0) is 85.5 Å². The van der Waals surface area contributed by atoms with Crippen LogP contribution in [0, 0.1) is 18.3 Å². The number of rotatable bonds is 6. The quantitative estimate of drug-likeness (QED) is 0.446. The Balaban J connectivity index is 1.57. The van der Waals surface area contributed by atoms with E-state index in [-0.39, 0.29) is 12.2 Å². The SMILES string of the molecule is Cc1cccc(-c2ccc(C#N)cc2)c1/C=C\N(C=O)c1ccc(N2CC(C)OC(C)C2)cc1. The van der Waals surface area contributed by atoms with E-state index in [0.29, 0.717) is 5.56 Å². The minimum atomic E-state index is 0.192. The van der Waals surface area contributed by atoms with Crippen molar-refractivity contribution in [3.05, 3.63) is 89.6 Å². The lowest BCUT2D eigenvalue weighted by Gasteiger charge is -2.37. The van der Waals surface area contributed by atoms with Crippen LogP contribution < -0.4 is 9.80 Å². The zero-order valence-electron chi connectivity index (χ0n) is 19.8. The zero-order chi connectivity index (χ0) is 24.1. The number of hydrogen-bond acceptors (Lipinski definition) is 4. The molecule has 34 heavy (non-hydrogen) atoms. The van der Waals surface area contributed by atoms with E-state index in [2.05, 4.69) is 56.0 Å². The molecule has 2 unspecified atom stereocenters. The lowest BCUT2D eigenvalue weighted by molar-refractivity contribution is -0.106. The summed E-state index contributed by atoms with van der Waals surface area (Å²) < 4.78 is 5.83. The van der Waals surface area contributed by atoms with Gasteiger partial charge in [0.1, 0.15) is 0 Å². The molecule has 5 nitrogen and oxygen atoms in total. The first-order valence-electron chi connectivity index (χ1n) is 11.5. The topological polar surface area (TPSA) is 56.6 Å². The summed E-state index contributed by atoms with van der Waals surface area (Å²) in [5, 5.41) is 9.08. The summed E-state index contributed by atoms with van der Waals surface area (Å²) in [6.07, 6.45) is 4.98. The highest BCUT2D eigenvalue weighted by Gasteiger charge is 2.22. The van der Waals surface area contributed by atoms with Crippen molar-refractivity contribution >= 4 is 23.9 Å². The number of ether oxygens (including phenoxy) is 1. The predicted octanol–water partition coefficient (Wildman–Crippen LogP) is 5.78. The summed E-state index contributed by atoms with van der Waals surface area (Å²) in [6, 6.07) is 23.9. The Morgan fingerprint density at radius 3 is 2.29 bits per heavy atom. The van der Waals surface area contributed by atoms with Gasteiger partial charge < -0.3 is 9.64 Å². The Kier molecular flexibility index (Phi) is 7.10. The van der Waals surface area contributed by atoms with Gasteiger partial charge >= 0.3 is 0 Å². The fraction of sp³-hybridized carbons (Fsp3) is 0.241. The van der Waals surface area contributed by atoms with Crippen molar-refractivity contribution in [2.75, 3.05) is 22.9 Å². The van der Waals surface area contributed by atoms with Crippen molar-refractivity contribution in [3.8, 4) is 17.2 Å². The summed E-state index contributed by atoms with van der Waals surface area (Å²) >= 11 is 0. The first-order chi connectivity index (χ1) is 16.5. The largest absolute Gasteiger partial charge is 0.372 e. The maximum Gasteiger partial charge on any atom is 0.218 e. The van der Waals surface area contributed by atoms with Gasteiger partial charge in [0.15, 0.2) is 0 Å². The molecule has 0 radical (unpaired) electrons. The number of nitriles is 1. The first-order valence-corrected chi connectivity index (χ1v) is 11.5. The van der Waals surface area contributed by atoms with Crippen molar-refractivity contribution in [3.63, 3.8) is 0 Å². The molecule has 1 heterocycles. The molecule has 1 amide bonds. The molecule has 1 saturated heterocycles. The standard InChI is InChI=1S/C29H29N3O2/c1-21-5-4-6-29(25-9-7-24(17-30)8-10-25)28(21)15-16-31(20-33)26-11-13-27(14-12-26)32-18-22(2)34-23(3)19-32/h4-16,20,22-23H,18-19H2,1-3H3/b16-15-. The third-order valence-corrected chi connectivity index (χ3v) is 6.10. The third-order valence-electron chi connectivity index (χ3n) is 6.10. The molecule has 1 fully saturated rings. The van der Waals surface area contributed by atoms with Crippen LogP contribution in [0.4, 0.5) is 11.4 Å². The van der Waals surface area contributed by atoms with Crippen LogP contribution in [0.1, 0.15) is 30.5 Å². The fourth-order valence-corrected chi connectivity index (χ4v) is 4.44. The van der Waals surface area contributed by atoms with Crippen molar-refractivity contribution < 1.29 is 9.53 Å². The number of morpholine rings is 1. The second-order valence-electron chi connectivity index (χ2n) is 8.73. The molecule has 2 atom stereocenters. The van der Waals surface area contributed by atoms with Crippen LogP contribution >= 0.6 is 0 Å². The molecule has 0 saturated carbocycles. The van der Waals surface area contributed by atoms with Gasteiger partial charge in [-0.3, -0.25) is 9.69 Å². The predicted molar refractivity (Wildman–Crippen MR) is 138 cm³/mol. The van der Waals surface area contributed by atoms with Crippen LogP contribution in [0.2, 0.25) is 0 Å². The minimum Gasteiger partial charge on any atom is -0.372 e. The Morgan fingerprint density at radius 2 is 1.68 bits per heavy atom. The maximum absolute atomic E-state index is 11.9. The summed E-state index contributed by atoms with van der Waals surface area (Å²) in [5.74, 6) is 0. The second-order valence-corrected chi connectivity index (χ2v) is 8.73. The van der Waals surface area contributed by atoms with Gasteiger partial charge in [-0.2, -0.15) is 5.26 Å². The molecule has 0 N–H and O–H groups in total. The number of hydrogen-bond donors (Lipinski definition) is 0. The number of benzene rings is 3. The highest BCUT2D eigenvalue weighted by molar-refractivity contribution is 5.83. The van der Waals surface area contributed by atoms with Gasteiger partial charge in [0, 0.05) is 30.7 Å². The van der Waals surface area contributed by atoms with Gasteiger partial charge in [-0.15, -0.1) is 0 Å². The summed E-state index contributed by atoms with van der Waals surface area (Å²) in [5.41, 5.74) is 6.78. The maximum atomic E-state index is 11.9. The van der Waals surface area contributed by atoms with Crippen molar-refractivity contribution in [1.29, 1.82) is 5.26 Å². The normalized spacial score (nSPS) is 18.0. The summed E-state index contributed by atoms with van der Waals surface area (Å²) in [4.78, 5) is 15.8. The number of anilines is 2. The van der Waals surface area contributed by atoms with E-state index in [0.717, 1.165) is 53.1 Å². The van der Waals surface area contributed by atoms with Crippen LogP contribution in [-0.2, 0) is 9.53 Å². The number of aryl methyl sites for hydroxylation is 1. The van der Waals surface area contributed by atoms with E-state index < -0.39 is 0 Å². The van der Waals surface area contributed by atoms with Crippen molar-refractivity contribution in [1.82, 2.24) is 0 Å². The summed E-state index contributed by atoms with van der Waals surface area (Å²) in [6.45, 7) is 7.94. The lowest BCUT2D eigenvalue weighted by atomic mass is 9.95. The molecule has 5 heteroatoms. The Morgan fingerprint density at radius 1 is 1.00 bits per heavy atom. The van der Waals surface area contributed by atoms with Gasteiger partial charge in [-0.1, -0.05) is 30.3 Å². The molecule has 0 aliphatic carbocycles. The minimum absolute atomic E-state index is 0.192. The van der Waals surface area contributed by atoms with Crippen LogP contribution in [-0.4, -0.2) is 31.7 Å². The number of nitrogens with zero attached hydrogens (tertiary/aromatic N) is 3. The van der Waals surface area contributed by atoms with E-state index in [1.54, 1.807) is 11.1 Å². The highest BCUT2D eigenvalue weighted by Crippen LogP contribution is 2.29. The molecule has 0 spiro atoms. The number of carbonyl (C=O) groups excluding carboxylic acids is 1. The molecule has 1 aliphatic heterocycles. The van der Waals surface area contributed by atoms with E-state index in [1.165, 1.54) is 0 Å². The lowest BCUT2D eigenvalue weighted by Crippen LogP contribution is -2.45. The van der Waals surface area contributed by atoms with Gasteiger partial charge in [0.05, 0.1) is 23.8 Å².